The zero-order valence-corrected chi connectivity index (χ0v) is 16.1. The zero-order valence-electron chi connectivity index (χ0n) is 15.3. The number of nitrogens with zero attached hydrogens (tertiary/aromatic N) is 4. The molecule has 27 heavy (non-hydrogen) atoms. The van der Waals surface area contributed by atoms with Gasteiger partial charge in [-0.3, -0.25) is 9.48 Å². The number of rotatable bonds is 6. The highest BCUT2D eigenvalue weighted by Crippen LogP contribution is 2.27. The second-order valence-corrected chi connectivity index (χ2v) is 8.54. The van der Waals surface area contributed by atoms with Crippen LogP contribution in [0.15, 0.2) is 41.6 Å². The number of sulfonamides is 1. The van der Waals surface area contributed by atoms with Gasteiger partial charge < -0.3 is 10.0 Å². The molecule has 0 aliphatic carbocycles. The number of piperazine rings is 1. The predicted octanol–water partition coefficient (Wildman–Crippen LogP) is 1.21. The summed E-state index contributed by atoms with van der Waals surface area (Å²) in [5.74, 6) is -0.227. The van der Waals surface area contributed by atoms with Gasteiger partial charge in [0.25, 0.3) is 0 Å². The first kappa shape index (κ1) is 19.4. The van der Waals surface area contributed by atoms with Gasteiger partial charge in [0.15, 0.2) is 0 Å². The molecule has 3 rings (SSSR count). The molecule has 146 valence electrons. The monoisotopic (exact) mass is 392 g/mol. The van der Waals surface area contributed by atoms with Crippen molar-refractivity contribution >= 4 is 15.9 Å². The van der Waals surface area contributed by atoms with E-state index < -0.39 is 10.0 Å². The highest BCUT2D eigenvalue weighted by atomic mass is 32.2. The van der Waals surface area contributed by atoms with Crippen LogP contribution in [0.1, 0.15) is 18.4 Å². The number of hydrogen-bond acceptors (Lipinski definition) is 5. The van der Waals surface area contributed by atoms with Crippen LogP contribution >= 0.6 is 0 Å². The second kappa shape index (κ2) is 8.10. The smallest absolute Gasteiger partial charge is 0.246 e. The van der Waals surface area contributed by atoms with Crippen LogP contribution in [0.4, 0.5) is 0 Å². The van der Waals surface area contributed by atoms with Gasteiger partial charge in [0.1, 0.15) is 10.6 Å². The van der Waals surface area contributed by atoms with Crippen LogP contribution in [-0.2, 0) is 21.4 Å². The van der Waals surface area contributed by atoms with E-state index in [9.17, 15) is 18.3 Å². The highest BCUT2D eigenvalue weighted by Gasteiger charge is 2.31. The maximum atomic E-state index is 12.8. The van der Waals surface area contributed by atoms with Crippen molar-refractivity contribution in [3.05, 3.63) is 42.2 Å². The molecule has 1 amide bonds. The standard InChI is InChI=1S/C18H24N4O4S/c1-15-5-6-16(23)17(14-15)27(25,26)22-12-10-20(11-13-22)18(24)4-2-8-21-9-3-7-19-21/h3,5-7,9,14,23H,2,4,8,10-13H2,1H3. The number of amides is 1. The molecular formula is C18H24N4O4S. The van der Waals surface area contributed by atoms with Crippen LogP contribution in [0.2, 0.25) is 0 Å². The molecular weight excluding hydrogens is 368 g/mol. The molecule has 0 spiro atoms. The van der Waals surface area contributed by atoms with Crippen molar-refractivity contribution in [2.45, 2.75) is 31.2 Å². The summed E-state index contributed by atoms with van der Waals surface area (Å²) in [7, 11) is -3.78. The molecule has 1 saturated heterocycles. The van der Waals surface area contributed by atoms with E-state index in [4.69, 9.17) is 0 Å². The molecule has 1 aromatic heterocycles. The average molecular weight is 392 g/mol. The fraction of sp³-hybridized carbons (Fsp3) is 0.444. The Morgan fingerprint density at radius 2 is 1.96 bits per heavy atom. The van der Waals surface area contributed by atoms with E-state index >= 15 is 0 Å². The predicted molar refractivity (Wildman–Crippen MR) is 99.6 cm³/mol. The van der Waals surface area contributed by atoms with Gasteiger partial charge in [0.05, 0.1) is 0 Å². The number of phenolic OH excluding ortho intramolecular Hbond substituents is 1. The minimum absolute atomic E-state index is 0.0256. The number of carbonyl (C=O) groups is 1. The molecule has 1 aliphatic heterocycles. The number of phenols is 1. The topological polar surface area (TPSA) is 95.7 Å². The minimum atomic E-state index is -3.78. The molecule has 0 radical (unpaired) electrons. The quantitative estimate of drug-likeness (QED) is 0.797. The van der Waals surface area contributed by atoms with Gasteiger partial charge in [-0.2, -0.15) is 9.40 Å². The van der Waals surface area contributed by atoms with Gasteiger partial charge in [0, 0.05) is 51.5 Å². The van der Waals surface area contributed by atoms with Crippen LogP contribution in [0, 0.1) is 6.92 Å². The Morgan fingerprint density at radius 1 is 1.22 bits per heavy atom. The van der Waals surface area contributed by atoms with E-state index in [1.54, 1.807) is 28.8 Å². The number of carbonyl (C=O) groups excluding carboxylic acids is 1. The van der Waals surface area contributed by atoms with Crippen molar-refractivity contribution in [1.29, 1.82) is 0 Å². The van der Waals surface area contributed by atoms with Crippen molar-refractivity contribution < 1.29 is 18.3 Å². The Morgan fingerprint density at radius 3 is 2.63 bits per heavy atom. The van der Waals surface area contributed by atoms with Crippen molar-refractivity contribution in [2.75, 3.05) is 26.2 Å². The summed E-state index contributed by atoms with van der Waals surface area (Å²) in [5.41, 5.74) is 0.761. The van der Waals surface area contributed by atoms with Crippen molar-refractivity contribution in [3.63, 3.8) is 0 Å². The van der Waals surface area contributed by atoms with Crippen molar-refractivity contribution in [2.24, 2.45) is 0 Å². The summed E-state index contributed by atoms with van der Waals surface area (Å²) in [6, 6.07) is 6.36. The number of benzene rings is 1. The maximum absolute atomic E-state index is 12.8. The molecule has 1 N–H and O–H groups in total. The molecule has 1 aliphatic rings. The van der Waals surface area contributed by atoms with E-state index in [-0.39, 0.29) is 29.6 Å². The third-order valence-electron chi connectivity index (χ3n) is 4.66. The fourth-order valence-corrected chi connectivity index (χ4v) is 4.72. The van der Waals surface area contributed by atoms with Crippen LogP contribution in [0.3, 0.4) is 0 Å². The first-order valence-electron chi connectivity index (χ1n) is 8.93. The molecule has 0 unspecified atom stereocenters. The summed E-state index contributed by atoms with van der Waals surface area (Å²) >= 11 is 0. The molecule has 1 fully saturated rings. The number of aryl methyl sites for hydroxylation is 2. The SMILES string of the molecule is Cc1ccc(O)c(S(=O)(=O)N2CCN(C(=O)CCCn3cccn3)CC2)c1. The van der Waals surface area contributed by atoms with Gasteiger partial charge in [-0.1, -0.05) is 6.07 Å². The number of aromatic nitrogens is 2. The Balaban J connectivity index is 1.54. The van der Waals surface area contributed by atoms with Crippen LogP contribution in [0.25, 0.3) is 0 Å². The Kier molecular flexibility index (Phi) is 5.81. The van der Waals surface area contributed by atoms with E-state index in [2.05, 4.69) is 5.10 Å². The summed E-state index contributed by atoms with van der Waals surface area (Å²) < 4.78 is 28.7. The lowest BCUT2D eigenvalue weighted by Gasteiger charge is -2.34. The normalized spacial score (nSPS) is 15.8. The van der Waals surface area contributed by atoms with E-state index in [1.165, 1.54) is 16.4 Å². The van der Waals surface area contributed by atoms with Crippen LogP contribution in [-0.4, -0.2) is 64.6 Å². The van der Waals surface area contributed by atoms with Crippen molar-refractivity contribution in [3.8, 4) is 5.75 Å². The average Bonchev–Trinajstić information content (AvgIpc) is 3.17. The third-order valence-corrected chi connectivity index (χ3v) is 6.59. The molecule has 2 heterocycles. The van der Waals surface area contributed by atoms with E-state index in [0.717, 1.165) is 5.56 Å². The summed E-state index contributed by atoms with van der Waals surface area (Å²) in [5, 5.41) is 14.0. The molecule has 0 atom stereocenters. The molecule has 0 saturated carbocycles. The maximum Gasteiger partial charge on any atom is 0.246 e. The lowest BCUT2D eigenvalue weighted by molar-refractivity contribution is -0.132. The molecule has 9 heteroatoms. The zero-order chi connectivity index (χ0) is 19.4. The Hall–Kier alpha value is -2.39. The highest BCUT2D eigenvalue weighted by molar-refractivity contribution is 7.89. The summed E-state index contributed by atoms with van der Waals surface area (Å²) in [6.07, 6.45) is 4.66. The minimum Gasteiger partial charge on any atom is -0.507 e. The molecule has 1 aromatic carbocycles. The van der Waals surface area contributed by atoms with Gasteiger partial charge in [-0.05, 0) is 37.1 Å². The molecule has 0 bridgehead atoms. The van der Waals surface area contributed by atoms with Crippen molar-refractivity contribution in [1.82, 2.24) is 19.0 Å². The molecule has 8 nitrogen and oxygen atoms in total. The summed E-state index contributed by atoms with van der Waals surface area (Å²) in [4.78, 5) is 14.0. The largest absolute Gasteiger partial charge is 0.507 e. The second-order valence-electron chi connectivity index (χ2n) is 6.63. The van der Waals surface area contributed by atoms with Crippen LogP contribution < -0.4 is 0 Å². The van der Waals surface area contributed by atoms with E-state index in [0.29, 0.717) is 32.5 Å². The first-order valence-corrected chi connectivity index (χ1v) is 10.4. The first-order chi connectivity index (χ1) is 12.9. The lowest BCUT2D eigenvalue weighted by atomic mass is 10.2. The van der Waals surface area contributed by atoms with Crippen LogP contribution in [0.5, 0.6) is 5.75 Å². The van der Waals surface area contributed by atoms with Gasteiger partial charge in [-0.15, -0.1) is 0 Å². The lowest BCUT2D eigenvalue weighted by Crippen LogP contribution is -2.50. The third kappa shape index (κ3) is 4.48. The Labute approximate surface area is 159 Å². The summed E-state index contributed by atoms with van der Waals surface area (Å²) in [6.45, 7) is 3.61. The Bertz CT molecular complexity index is 888. The molecule has 2 aromatic rings. The fourth-order valence-electron chi connectivity index (χ4n) is 3.13. The number of aromatic hydroxyl groups is 1. The van der Waals surface area contributed by atoms with E-state index in [1.807, 2.05) is 12.3 Å². The van der Waals surface area contributed by atoms with Gasteiger partial charge in [0.2, 0.25) is 15.9 Å². The van der Waals surface area contributed by atoms with Gasteiger partial charge in [-0.25, -0.2) is 8.42 Å². The number of hydrogen-bond donors (Lipinski definition) is 1. The van der Waals surface area contributed by atoms with Gasteiger partial charge >= 0.3 is 0 Å².